The Morgan fingerprint density at radius 2 is 0.982 bits per heavy atom. The van der Waals surface area contributed by atoms with Gasteiger partial charge in [0.2, 0.25) is 0 Å². The van der Waals surface area contributed by atoms with E-state index in [2.05, 4.69) is 156 Å². The fourth-order valence-corrected chi connectivity index (χ4v) is 7.95. The molecule has 11 aromatic rings. The van der Waals surface area contributed by atoms with Gasteiger partial charge in [-0.3, -0.25) is 0 Å². The number of aromatic nitrogens is 4. The molecule has 4 heterocycles. The second-order valence-electron chi connectivity index (χ2n) is 14.0. The van der Waals surface area contributed by atoms with Crippen molar-refractivity contribution in [1.82, 2.24) is 19.5 Å². The summed E-state index contributed by atoms with van der Waals surface area (Å²) in [6.07, 6.45) is 0. The lowest BCUT2D eigenvalue weighted by Crippen LogP contribution is -1.97. The highest BCUT2D eigenvalue weighted by Gasteiger charge is 2.24. The third-order valence-electron chi connectivity index (χ3n) is 10.6. The monoisotopic (exact) mass is 716 g/mol. The van der Waals surface area contributed by atoms with Gasteiger partial charge < -0.3 is 8.98 Å². The zero-order valence-electron chi connectivity index (χ0n) is 30.2. The molecule has 0 spiro atoms. The topological polar surface area (TPSA) is 56.7 Å². The van der Waals surface area contributed by atoms with Gasteiger partial charge in [-0.2, -0.15) is 0 Å². The minimum Gasteiger partial charge on any atom is -0.453 e. The third-order valence-corrected chi connectivity index (χ3v) is 10.6. The summed E-state index contributed by atoms with van der Waals surface area (Å²) in [5, 5.41) is 3.04. The van der Waals surface area contributed by atoms with Gasteiger partial charge in [-0.05, 0) is 59.7 Å². The molecule has 0 radical (unpaired) electrons. The van der Waals surface area contributed by atoms with Crippen LogP contribution in [0.25, 0.3) is 106 Å². The van der Waals surface area contributed by atoms with E-state index in [1.165, 1.54) is 5.56 Å². The van der Waals surface area contributed by atoms with Crippen LogP contribution in [0.1, 0.15) is 0 Å². The maximum atomic E-state index is 6.91. The van der Waals surface area contributed by atoms with Crippen LogP contribution in [0.2, 0.25) is 0 Å². The van der Waals surface area contributed by atoms with Gasteiger partial charge in [-0.25, -0.2) is 15.0 Å². The summed E-state index contributed by atoms with van der Waals surface area (Å²) >= 11 is 0. The molecule has 0 aliphatic heterocycles. The average molecular weight is 717 g/mol. The molecule has 0 N–H and O–H groups in total. The van der Waals surface area contributed by atoms with Crippen LogP contribution in [0, 0.1) is 0 Å². The molecular weight excluding hydrogens is 685 g/mol. The van der Waals surface area contributed by atoms with Crippen molar-refractivity contribution in [2.75, 3.05) is 0 Å². The van der Waals surface area contributed by atoms with Crippen molar-refractivity contribution < 1.29 is 4.42 Å². The maximum absolute atomic E-state index is 6.91. The Balaban J connectivity index is 1.10. The largest absolute Gasteiger partial charge is 0.453 e. The van der Waals surface area contributed by atoms with Gasteiger partial charge >= 0.3 is 0 Å². The Morgan fingerprint density at radius 3 is 1.73 bits per heavy atom. The molecule has 7 aromatic carbocycles. The van der Waals surface area contributed by atoms with Crippen LogP contribution in [-0.4, -0.2) is 19.5 Å². The highest BCUT2D eigenvalue weighted by molar-refractivity contribution is 6.24. The molecule has 56 heavy (non-hydrogen) atoms. The standard InChI is InChI=1S/C51H32N4O/c1-4-15-33(16-5-1)37-21-14-22-38(31-37)44-32-43(53-51(54-44)36-19-8-3-9-20-36)34-27-29-39(30-28-34)55-45-26-13-11-24-41(45)50-48(55)46-47(35-17-6-2-7-18-35)52-42-25-12-10-23-40(42)49(46)56-50/h1-32H. The van der Waals surface area contributed by atoms with E-state index in [1.54, 1.807) is 0 Å². The van der Waals surface area contributed by atoms with Crippen molar-refractivity contribution in [2.24, 2.45) is 0 Å². The smallest absolute Gasteiger partial charge is 0.161 e. The van der Waals surface area contributed by atoms with Gasteiger partial charge in [0.05, 0.1) is 33.5 Å². The van der Waals surface area contributed by atoms with E-state index in [4.69, 9.17) is 19.4 Å². The number of fused-ring (bicyclic) bond motifs is 7. The highest BCUT2D eigenvalue weighted by Crippen LogP contribution is 2.44. The predicted octanol–water partition coefficient (Wildman–Crippen LogP) is 13.2. The summed E-state index contributed by atoms with van der Waals surface area (Å²) in [7, 11) is 0. The van der Waals surface area contributed by atoms with Crippen LogP contribution < -0.4 is 0 Å². The third kappa shape index (κ3) is 5.29. The summed E-state index contributed by atoms with van der Waals surface area (Å²) in [4.78, 5) is 15.5. The van der Waals surface area contributed by atoms with Gasteiger partial charge in [0.25, 0.3) is 0 Å². The first-order valence-electron chi connectivity index (χ1n) is 18.8. The van der Waals surface area contributed by atoms with E-state index in [1.807, 2.05) is 42.5 Å². The molecular formula is C51H32N4O. The molecule has 0 saturated heterocycles. The molecule has 0 unspecified atom stereocenters. The zero-order chi connectivity index (χ0) is 37.0. The van der Waals surface area contributed by atoms with Crippen molar-refractivity contribution in [1.29, 1.82) is 0 Å². The molecule has 4 aromatic heterocycles. The lowest BCUT2D eigenvalue weighted by atomic mass is 10.0. The lowest BCUT2D eigenvalue weighted by molar-refractivity contribution is 0.676. The Kier molecular flexibility index (Phi) is 7.42. The highest BCUT2D eigenvalue weighted by atomic mass is 16.3. The minimum atomic E-state index is 0.684. The molecule has 0 fully saturated rings. The summed E-state index contributed by atoms with van der Waals surface area (Å²) in [5.41, 5.74) is 14.6. The SMILES string of the molecule is c1ccc(-c2cccc(-c3cc(-c4ccc(-n5c6ccccc6c6oc7c8ccccc8nc(-c8ccccc8)c7c65)cc4)nc(-c4ccccc4)n3)c2)cc1. The maximum Gasteiger partial charge on any atom is 0.161 e. The number of pyridine rings is 1. The van der Waals surface area contributed by atoms with E-state index in [0.29, 0.717) is 5.82 Å². The molecule has 0 atom stereocenters. The minimum absolute atomic E-state index is 0.684. The Hall–Kier alpha value is -7.63. The number of hydrogen-bond donors (Lipinski definition) is 0. The number of rotatable bonds is 6. The van der Waals surface area contributed by atoms with E-state index >= 15 is 0 Å². The molecule has 11 rings (SSSR count). The summed E-state index contributed by atoms with van der Waals surface area (Å²) in [5.74, 6) is 0.684. The van der Waals surface area contributed by atoms with Crippen molar-refractivity contribution in [3.05, 3.63) is 194 Å². The molecule has 5 nitrogen and oxygen atoms in total. The second kappa shape index (κ2) is 13.0. The molecule has 0 bridgehead atoms. The van der Waals surface area contributed by atoms with Gasteiger partial charge in [-0.1, -0.05) is 146 Å². The van der Waals surface area contributed by atoms with E-state index in [0.717, 1.165) is 94.5 Å². The first kappa shape index (κ1) is 31.9. The Morgan fingerprint density at radius 1 is 0.393 bits per heavy atom. The Labute approximate surface area is 322 Å². The van der Waals surface area contributed by atoms with Crippen LogP contribution in [-0.2, 0) is 0 Å². The van der Waals surface area contributed by atoms with Crippen molar-refractivity contribution >= 4 is 43.9 Å². The molecule has 0 aliphatic rings. The fourth-order valence-electron chi connectivity index (χ4n) is 7.95. The van der Waals surface area contributed by atoms with E-state index in [9.17, 15) is 0 Å². The van der Waals surface area contributed by atoms with Gasteiger partial charge in [0.1, 0.15) is 11.1 Å². The number of furan rings is 1. The van der Waals surface area contributed by atoms with Crippen LogP contribution in [0.4, 0.5) is 0 Å². The molecule has 0 saturated carbocycles. The first-order valence-corrected chi connectivity index (χ1v) is 18.8. The predicted molar refractivity (Wildman–Crippen MR) is 229 cm³/mol. The number of hydrogen-bond acceptors (Lipinski definition) is 4. The van der Waals surface area contributed by atoms with Crippen molar-refractivity contribution in [3.63, 3.8) is 0 Å². The first-order chi connectivity index (χ1) is 27.8. The zero-order valence-corrected chi connectivity index (χ0v) is 30.2. The normalized spacial score (nSPS) is 11.6. The molecule has 262 valence electrons. The van der Waals surface area contributed by atoms with Crippen molar-refractivity contribution in [2.45, 2.75) is 0 Å². The lowest BCUT2D eigenvalue weighted by Gasteiger charge is -2.12. The van der Waals surface area contributed by atoms with Gasteiger partial charge in [0, 0.05) is 38.7 Å². The second-order valence-corrected chi connectivity index (χ2v) is 14.0. The van der Waals surface area contributed by atoms with Crippen LogP contribution in [0.5, 0.6) is 0 Å². The summed E-state index contributed by atoms with van der Waals surface area (Å²) < 4.78 is 9.22. The summed E-state index contributed by atoms with van der Waals surface area (Å²) in [6, 6.07) is 67.1. The van der Waals surface area contributed by atoms with Gasteiger partial charge in [-0.15, -0.1) is 0 Å². The Bertz CT molecular complexity index is 3220. The molecule has 0 amide bonds. The van der Waals surface area contributed by atoms with E-state index in [-0.39, 0.29) is 0 Å². The molecule has 5 heteroatoms. The van der Waals surface area contributed by atoms with Crippen LogP contribution in [0.15, 0.2) is 199 Å². The fraction of sp³-hybridized carbons (Fsp3) is 0. The van der Waals surface area contributed by atoms with Crippen LogP contribution >= 0.6 is 0 Å². The summed E-state index contributed by atoms with van der Waals surface area (Å²) in [6.45, 7) is 0. The number of nitrogens with zero attached hydrogens (tertiary/aromatic N) is 4. The quantitative estimate of drug-likeness (QED) is 0.172. The average Bonchev–Trinajstić information content (AvgIpc) is 3.82. The van der Waals surface area contributed by atoms with Gasteiger partial charge in [0.15, 0.2) is 11.4 Å². The van der Waals surface area contributed by atoms with Crippen LogP contribution in [0.3, 0.4) is 0 Å². The van der Waals surface area contributed by atoms with E-state index < -0.39 is 0 Å². The molecule has 0 aliphatic carbocycles. The van der Waals surface area contributed by atoms with Crippen molar-refractivity contribution in [3.8, 4) is 62.0 Å². The number of benzene rings is 7. The number of para-hydroxylation sites is 2.